The van der Waals surface area contributed by atoms with Crippen LogP contribution >= 0.6 is 0 Å². The zero-order valence-electron chi connectivity index (χ0n) is 15.0. The van der Waals surface area contributed by atoms with Gasteiger partial charge in [-0.05, 0) is 24.3 Å². The highest BCUT2D eigenvalue weighted by Gasteiger charge is 2.29. The number of hydrogen-bond donors (Lipinski definition) is 1. The average Bonchev–Trinajstić information content (AvgIpc) is 2.65. The van der Waals surface area contributed by atoms with E-state index in [4.69, 9.17) is 15.3 Å². The number of carbonyl (C=O) groups is 1. The van der Waals surface area contributed by atoms with Gasteiger partial charge in [-0.25, -0.2) is 4.79 Å². The molecule has 14 nitrogen and oxygen atoms in total. The van der Waals surface area contributed by atoms with Crippen molar-refractivity contribution in [1.82, 2.24) is 5.01 Å². The molecule has 0 atom stereocenters. The first kappa shape index (κ1) is 20.8. The van der Waals surface area contributed by atoms with Gasteiger partial charge in [0.2, 0.25) is 16.8 Å². The van der Waals surface area contributed by atoms with Crippen molar-refractivity contribution in [3.8, 4) is 11.5 Å². The summed E-state index contributed by atoms with van der Waals surface area (Å²) in [5.74, 6) is -2.28. The summed E-state index contributed by atoms with van der Waals surface area (Å²) in [4.78, 5) is 37.4. The zero-order valence-corrected chi connectivity index (χ0v) is 15.0. The van der Waals surface area contributed by atoms with Gasteiger partial charge in [0.15, 0.2) is 0 Å². The van der Waals surface area contributed by atoms with E-state index in [9.17, 15) is 30.2 Å². The van der Waals surface area contributed by atoms with Gasteiger partial charge in [-0.3, -0.25) is 25.1 Å². The van der Waals surface area contributed by atoms with E-state index in [0.717, 1.165) is 11.1 Å². The number of nitro benzene ring substituents is 2. The van der Waals surface area contributed by atoms with E-state index >= 15 is 0 Å². The number of benzene rings is 2. The molecule has 0 aliphatic carbocycles. The topological polar surface area (TPSA) is 190 Å². The second kappa shape index (κ2) is 8.47. The van der Waals surface area contributed by atoms with E-state index in [1.54, 1.807) is 0 Å². The minimum absolute atomic E-state index is 0.0253. The molecule has 2 aromatic carbocycles. The Hall–Kier alpha value is -4.49. The number of nitrogens with two attached hydrogens (primary N) is 1. The maximum absolute atomic E-state index is 12.2. The first-order valence-corrected chi connectivity index (χ1v) is 7.67. The normalized spacial score (nSPS) is 10.9. The molecule has 2 rings (SSSR count). The maximum Gasteiger partial charge on any atom is 0.343 e. The van der Waals surface area contributed by atoms with Crippen molar-refractivity contribution < 1.29 is 29.2 Å². The van der Waals surface area contributed by atoms with Crippen LogP contribution in [0, 0.1) is 25.4 Å². The molecule has 152 valence electrons. The lowest BCUT2D eigenvalue weighted by atomic mass is 10.2. The summed E-state index contributed by atoms with van der Waals surface area (Å²) in [5, 5.41) is 37.9. The summed E-state index contributed by atoms with van der Waals surface area (Å²) in [5.41, 5.74) is 4.20. The van der Waals surface area contributed by atoms with E-state index in [1.807, 2.05) is 0 Å². The smallest absolute Gasteiger partial charge is 0.343 e. The summed E-state index contributed by atoms with van der Waals surface area (Å²) in [6.45, 7) is 0. The van der Waals surface area contributed by atoms with Crippen LogP contribution in [-0.2, 0) is 0 Å². The third kappa shape index (κ3) is 5.03. The fraction of sp³-hybridized carbons (Fsp3) is 0.133. The monoisotopic (exact) mass is 406 g/mol. The Morgan fingerprint density at radius 2 is 1.55 bits per heavy atom. The largest absolute Gasteiger partial charge is 0.569 e. The Kier molecular flexibility index (Phi) is 6.08. The molecule has 0 radical (unpaired) electrons. The Bertz CT molecular complexity index is 989. The van der Waals surface area contributed by atoms with E-state index in [-0.39, 0.29) is 10.5 Å². The van der Waals surface area contributed by atoms with Crippen LogP contribution in [0.5, 0.6) is 11.5 Å². The van der Waals surface area contributed by atoms with Crippen molar-refractivity contribution in [2.75, 3.05) is 19.8 Å². The van der Waals surface area contributed by atoms with Gasteiger partial charge in [0.25, 0.3) is 0 Å². The molecule has 2 aromatic rings. The molecule has 0 aliphatic rings. The molecule has 0 heterocycles. The highest BCUT2D eigenvalue weighted by Crippen LogP contribution is 2.39. The van der Waals surface area contributed by atoms with Gasteiger partial charge in [0.1, 0.15) is 6.07 Å². The SMILES string of the molecule is CN(C)/[N+]([O-])=N/Oc1cc(OC(=O)c2ccc(N)cc2)c([N+](=O)[O-])cc1[N+](=O)[O-]. The van der Waals surface area contributed by atoms with E-state index in [1.165, 1.54) is 38.4 Å². The van der Waals surface area contributed by atoms with Gasteiger partial charge in [0.05, 0.1) is 34.5 Å². The quantitative estimate of drug-likeness (QED) is 0.135. The van der Waals surface area contributed by atoms with Crippen LogP contribution in [0.1, 0.15) is 10.4 Å². The molecule has 0 fully saturated rings. The Labute approximate surface area is 162 Å². The van der Waals surface area contributed by atoms with Crippen LogP contribution in [-0.4, -0.2) is 39.9 Å². The predicted octanol–water partition coefficient (Wildman–Crippen LogP) is 2.04. The highest BCUT2D eigenvalue weighted by atomic mass is 16.7. The van der Waals surface area contributed by atoms with E-state index < -0.39 is 38.7 Å². The first-order chi connectivity index (χ1) is 13.6. The maximum atomic E-state index is 12.2. The average molecular weight is 406 g/mol. The number of ether oxygens (including phenoxy) is 1. The molecule has 0 saturated carbocycles. The lowest BCUT2D eigenvalue weighted by Crippen LogP contribution is -2.21. The van der Waals surface area contributed by atoms with Gasteiger partial charge in [-0.15, -0.1) is 0 Å². The zero-order chi connectivity index (χ0) is 21.7. The van der Waals surface area contributed by atoms with Crippen molar-refractivity contribution >= 4 is 23.0 Å². The predicted molar refractivity (Wildman–Crippen MR) is 95.9 cm³/mol. The number of carbonyl (C=O) groups excluding carboxylic acids is 1. The van der Waals surface area contributed by atoms with Crippen LogP contribution in [0.15, 0.2) is 41.7 Å². The van der Waals surface area contributed by atoms with Crippen LogP contribution in [0.4, 0.5) is 17.1 Å². The molecule has 29 heavy (non-hydrogen) atoms. The first-order valence-electron chi connectivity index (χ1n) is 7.67. The standard InChI is InChI=1S/C15H14N6O8/c1-18(2)21(27)17-29-14-8-13(11(19(23)24)7-12(14)20(25)26)28-15(22)9-3-5-10(16)6-4-9/h3-8H,16H2,1-2H3/b21-17-. The number of nitro groups is 2. The molecular formula is C15H14N6O8. The molecule has 0 aliphatic heterocycles. The van der Waals surface area contributed by atoms with Crippen LogP contribution in [0.3, 0.4) is 0 Å². The third-order valence-corrected chi connectivity index (χ3v) is 3.33. The lowest BCUT2D eigenvalue weighted by molar-refractivity contribution is -0.695. The fourth-order valence-corrected chi connectivity index (χ4v) is 1.91. The van der Waals surface area contributed by atoms with Gasteiger partial charge in [-0.2, -0.15) is 5.01 Å². The van der Waals surface area contributed by atoms with Crippen molar-refractivity contribution in [3.63, 3.8) is 0 Å². The third-order valence-electron chi connectivity index (χ3n) is 3.33. The summed E-state index contributed by atoms with van der Waals surface area (Å²) in [7, 11) is 2.65. The summed E-state index contributed by atoms with van der Waals surface area (Å²) >= 11 is 0. The second-order valence-electron chi connectivity index (χ2n) is 5.59. The molecule has 0 saturated heterocycles. The van der Waals surface area contributed by atoms with Crippen molar-refractivity contribution in [1.29, 1.82) is 0 Å². The number of nitrogens with zero attached hydrogens (tertiary/aromatic N) is 5. The van der Waals surface area contributed by atoms with Crippen LogP contribution in [0.25, 0.3) is 0 Å². The van der Waals surface area contributed by atoms with Gasteiger partial charge >= 0.3 is 17.3 Å². The molecular weight excluding hydrogens is 392 g/mol. The molecule has 14 heteroatoms. The Balaban J connectivity index is 2.48. The summed E-state index contributed by atoms with van der Waals surface area (Å²) in [6.07, 6.45) is 0. The number of anilines is 1. The Morgan fingerprint density at radius 1 is 1.00 bits per heavy atom. The minimum Gasteiger partial charge on any atom is -0.569 e. The number of nitrogen functional groups attached to an aromatic ring is 1. The van der Waals surface area contributed by atoms with E-state index in [2.05, 4.69) is 5.28 Å². The molecule has 0 amide bonds. The van der Waals surface area contributed by atoms with Gasteiger partial charge in [0, 0.05) is 11.8 Å². The van der Waals surface area contributed by atoms with Crippen molar-refractivity contribution in [3.05, 3.63) is 67.4 Å². The Morgan fingerprint density at radius 3 is 2.07 bits per heavy atom. The van der Waals surface area contributed by atoms with Crippen LogP contribution < -0.4 is 15.3 Å². The number of hydrazine groups is 1. The van der Waals surface area contributed by atoms with E-state index in [0.29, 0.717) is 11.8 Å². The number of hydrogen-bond acceptors (Lipinski definition) is 10. The molecule has 0 aromatic heterocycles. The van der Waals surface area contributed by atoms with Crippen molar-refractivity contribution in [2.45, 2.75) is 0 Å². The number of rotatable bonds is 7. The highest BCUT2D eigenvalue weighted by molar-refractivity contribution is 5.92. The fourth-order valence-electron chi connectivity index (χ4n) is 1.91. The summed E-state index contributed by atoms with van der Waals surface area (Å²) < 4.78 is 4.99. The summed E-state index contributed by atoms with van der Waals surface area (Å²) in [6, 6.07) is 6.73. The molecule has 0 spiro atoms. The van der Waals surface area contributed by atoms with Gasteiger partial charge < -0.3 is 15.7 Å². The minimum atomic E-state index is -0.983. The number of esters is 1. The van der Waals surface area contributed by atoms with Crippen molar-refractivity contribution in [2.24, 2.45) is 5.28 Å². The van der Waals surface area contributed by atoms with Crippen LogP contribution in [0.2, 0.25) is 0 Å². The lowest BCUT2D eigenvalue weighted by Gasteiger charge is -2.08. The molecule has 2 N–H and O–H groups in total. The molecule has 0 unspecified atom stereocenters. The van der Waals surface area contributed by atoms with Gasteiger partial charge in [-0.1, -0.05) is 0 Å². The molecule has 0 bridgehead atoms. The second-order valence-corrected chi connectivity index (χ2v) is 5.59.